The van der Waals surface area contributed by atoms with Crippen LogP contribution in [0.15, 0.2) is 42.5 Å². The van der Waals surface area contributed by atoms with Crippen molar-refractivity contribution < 1.29 is 0 Å². The fraction of sp³-hybridized carbons (Fsp3) is 0.474. The van der Waals surface area contributed by atoms with Crippen molar-refractivity contribution in [2.45, 2.75) is 38.8 Å². The fourth-order valence-electron chi connectivity index (χ4n) is 3.64. The highest BCUT2D eigenvalue weighted by molar-refractivity contribution is 5.86. The highest BCUT2D eigenvalue weighted by Gasteiger charge is 2.25. The van der Waals surface area contributed by atoms with E-state index in [-0.39, 0.29) is 0 Å². The number of piperidine rings is 1. The lowest BCUT2D eigenvalue weighted by Crippen LogP contribution is -2.40. The summed E-state index contributed by atoms with van der Waals surface area (Å²) in [5.41, 5.74) is 7.51. The summed E-state index contributed by atoms with van der Waals surface area (Å²) in [5, 5.41) is 2.73. The van der Waals surface area contributed by atoms with Crippen LogP contribution >= 0.6 is 0 Å². The van der Waals surface area contributed by atoms with Crippen molar-refractivity contribution in [1.82, 2.24) is 4.90 Å². The van der Waals surface area contributed by atoms with Gasteiger partial charge in [-0.25, -0.2) is 0 Å². The molecule has 1 aliphatic heterocycles. The zero-order valence-corrected chi connectivity index (χ0v) is 13.1. The highest BCUT2D eigenvalue weighted by Crippen LogP contribution is 2.31. The van der Waals surface area contributed by atoms with Crippen LogP contribution in [0, 0.1) is 5.92 Å². The molecule has 0 spiro atoms. The van der Waals surface area contributed by atoms with E-state index in [0.717, 1.165) is 13.1 Å². The van der Waals surface area contributed by atoms with Crippen LogP contribution in [0.2, 0.25) is 0 Å². The average Bonchev–Trinajstić information content (AvgIpc) is 2.53. The van der Waals surface area contributed by atoms with Crippen molar-refractivity contribution in [3.8, 4) is 0 Å². The lowest BCUT2D eigenvalue weighted by Gasteiger charge is -2.37. The largest absolute Gasteiger partial charge is 0.328 e. The van der Waals surface area contributed by atoms with Crippen LogP contribution in [-0.2, 0) is 0 Å². The summed E-state index contributed by atoms with van der Waals surface area (Å²) in [5.74, 6) is 0.695. The van der Waals surface area contributed by atoms with Crippen molar-refractivity contribution in [1.29, 1.82) is 0 Å². The molecule has 1 saturated heterocycles. The van der Waals surface area contributed by atoms with Crippen molar-refractivity contribution >= 4 is 10.8 Å². The summed E-state index contributed by atoms with van der Waals surface area (Å²) < 4.78 is 0. The second kappa shape index (κ2) is 6.17. The first-order valence-electron chi connectivity index (χ1n) is 8.14. The molecule has 0 amide bonds. The molecule has 2 atom stereocenters. The minimum atomic E-state index is 0.333. The molecule has 2 unspecified atom stereocenters. The van der Waals surface area contributed by atoms with Gasteiger partial charge in [-0.3, -0.25) is 4.90 Å². The fourth-order valence-corrected chi connectivity index (χ4v) is 3.64. The molecule has 3 rings (SSSR count). The first kappa shape index (κ1) is 14.6. The van der Waals surface area contributed by atoms with Gasteiger partial charge in [0, 0.05) is 12.1 Å². The predicted octanol–water partition coefficient (Wildman–Crippen LogP) is 3.96. The maximum Gasteiger partial charge on any atom is 0.0326 e. The molecule has 1 heterocycles. The van der Waals surface area contributed by atoms with E-state index >= 15 is 0 Å². The zero-order chi connectivity index (χ0) is 14.8. The first-order valence-corrected chi connectivity index (χ1v) is 8.14. The summed E-state index contributed by atoms with van der Waals surface area (Å²) in [6, 6.07) is 16.2. The maximum atomic E-state index is 6.06. The Balaban J connectivity index is 1.80. The van der Waals surface area contributed by atoms with Gasteiger partial charge in [0.05, 0.1) is 0 Å². The van der Waals surface area contributed by atoms with Crippen LogP contribution < -0.4 is 5.73 Å². The Labute approximate surface area is 127 Å². The van der Waals surface area contributed by atoms with E-state index in [4.69, 9.17) is 5.73 Å². The van der Waals surface area contributed by atoms with Gasteiger partial charge in [0.15, 0.2) is 0 Å². The second-order valence-electron chi connectivity index (χ2n) is 6.48. The molecule has 1 aliphatic rings. The van der Waals surface area contributed by atoms with Crippen molar-refractivity contribution in [3.63, 3.8) is 0 Å². The Morgan fingerprint density at radius 2 is 1.67 bits per heavy atom. The minimum Gasteiger partial charge on any atom is -0.328 e. The number of benzene rings is 2. The van der Waals surface area contributed by atoms with E-state index in [1.807, 2.05) is 0 Å². The van der Waals surface area contributed by atoms with Gasteiger partial charge in [-0.15, -0.1) is 0 Å². The number of nitrogens with two attached hydrogens (primary N) is 1. The first-order chi connectivity index (χ1) is 10.2. The molecule has 2 nitrogen and oxygen atoms in total. The average molecular weight is 282 g/mol. The van der Waals surface area contributed by atoms with E-state index in [1.165, 1.54) is 29.2 Å². The Kier molecular flexibility index (Phi) is 4.27. The van der Waals surface area contributed by atoms with E-state index in [2.05, 4.69) is 61.2 Å². The van der Waals surface area contributed by atoms with Gasteiger partial charge >= 0.3 is 0 Å². The highest BCUT2D eigenvalue weighted by atomic mass is 15.2. The van der Waals surface area contributed by atoms with E-state index in [0.29, 0.717) is 18.0 Å². The topological polar surface area (TPSA) is 29.3 Å². The van der Waals surface area contributed by atoms with Crippen molar-refractivity contribution in [2.75, 3.05) is 13.1 Å². The number of likely N-dealkylation sites (tertiary alicyclic amines) is 1. The van der Waals surface area contributed by atoms with Crippen LogP contribution in [0.5, 0.6) is 0 Å². The quantitative estimate of drug-likeness (QED) is 0.923. The molecular formula is C19H26N2. The second-order valence-corrected chi connectivity index (χ2v) is 6.48. The van der Waals surface area contributed by atoms with Gasteiger partial charge in [-0.2, -0.15) is 0 Å². The summed E-state index contributed by atoms with van der Waals surface area (Å²) in [4.78, 5) is 2.61. The van der Waals surface area contributed by atoms with Crippen LogP contribution in [-0.4, -0.2) is 24.0 Å². The Hall–Kier alpha value is -1.38. The summed E-state index contributed by atoms with van der Waals surface area (Å²) in [6.07, 6.45) is 2.46. The number of rotatable bonds is 3. The van der Waals surface area contributed by atoms with E-state index in [9.17, 15) is 0 Å². The molecule has 112 valence electrons. The van der Waals surface area contributed by atoms with Gasteiger partial charge in [-0.05, 0) is 62.0 Å². The summed E-state index contributed by atoms with van der Waals surface area (Å²) >= 11 is 0. The van der Waals surface area contributed by atoms with Gasteiger partial charge in [0.2, 0.25) is 0 Å². The van der Waals surface area contributed by atoms with Gasteiger partial charge in [0.1, 0.15) is 0 Å². The molecule has 2 aromatic rings. The van der Waals surface area contributed by atoms with E-state index in [1.54, 1.807) is 0 Å². The molecule has 2 aromatic carbocycles. The SMILES string of the molecule is CC(N)C1CCN(C(C)c2cccc3ccccc23)CC1. The maximum absolute atomic E-state index is 6.06. The third-order valence-electron chi connectivity index (χ3n) is 5.14. The monoisotopic (exact) mass is 282 g/mol. The predicted molar refractivity (Wildman–Crippen MR) is 90.3 cm³/mol. The smallest absolute Gasteiger partial charge is 0.0326 e. The number of nitrogens with zero attached hydrogens (tertiary/aromatic N) is 1. The standard InChI is InChI=1S/C19H26N2/c1-14(20)16-10-12-21(13-11-16)15(2)18-9-5-7-17-6-3-4-8-19(17)18/h3-9,14-16H,10-13,20H2,1-2H3. The molecule has 0 aliphatic carbocycles. The Morgan fingerprint density at radius 1 is 1.00 bits per heavy atom. The Morgan fingerprint density at radius 3 is 2.38 bits per heavy atom. The molecule has 0 radical (unpaired) electrons. The minimum absolute atomic E-state index is 0.333. The van der Waals surface area contributed by atoms with Gasteiger partial charge in [0.25, 0.3) is 0 Å². The number of fused-ring (bicyclic) bond motifs is 1. The summed E-state index contributed by atoms with van der Waals surface area (Å²) in [6.45, 7) is 6.82. The molecule has 21 heavy (non-hydrogen) atoms. The van der Waals surface area contributed by atoms with Gasteiger partial charge < -0.3 is 5.73 Å². The van der Waals surface area contributed by atoms with Crippen LogP contribution in [0.4, 0.5) is 0 Å². The van der Waals surface area contributed by atoms with Crippen molar-refractivity contribution in [3.05, 3.63) is 48.0 Å². The molecule has 0 bridgehead atoms. The lowest BCUT2D eigenvalue weighted by atomic mass is 9.89. The normalized spacial score (nSPS) is 20.5. The number of hydrogen-bond acceptors (Lipinski definition) is 2. The summed E-state index contributed by atoms with van der Waals surface area (Å²) in [7, 11) is 0. The zero-order valence-electron chi connectivity index (χ0n) is 13.1. The third kappa shape index (κ3) is 2.97. The molecule has 0 aromatic heterocycles. The molecule has 2 N–H and O–H groups in total. The van der Waals surface area contributed by atoms with Crippen LogP contribution in [0.1, 0.15) is 38.3 Å². The molecule has 1 fully saturated rings. The van der Waals surface area contributed by atoms with E-state index < -0.39 is 0 Å². The number of hydrogen-bond donors (Lipinski definition) is 1. The molecular weight excluding hydrogens is 256 g/mol. The van der Waals surface area contributed by atoms with Crippen LogP contribution in [0.3, 0.4) is 0 Å². The van der Waals surface area contributed by atoms with Crippen LogP contribution in [0.25, 0.3) is 10.8 Å². The third-order valence-corrected chi connectivity index (χ3v) is 5.14. The van der Waals surface area contributed by atoms with Crippen molar-refractivity contribution in [2.24, 2.45) is 11.7 Å². The van der Waals surface area contributed by atoms with Gasteiger partial charge in [-0.1, -0.05) is 42.5 Å². The molecule has 2 heteroatoms. The lowest BCUT2D eigenvalue weighted by molar-refractivity contribution is 0.133. The Bertz CT molecular complexity index is 592. The molecule has 0 saturated carbocycles.